The summed E-state index contributed by atoms with van der Waals surface area (Å²) in [6, 6.07) is 5.40. The van der Waals surface area contributed by atoms with Crippen molar-refractivity contribution < 1.29 is 20.1 Å². The van der Waals surface area contributed by atoms with Crippen LogP contribution < -0.4 is 5.73 Å². The fourth-order valence-electron chi connectivity index (χ4n) is 1.22. The lowest BCUT2D eigenvalue weighted by Gasteiger charge is -2.09. The molecule has 0 heterocycles. The van der Waals surface area contributed by atoms with Gasteiger partial charge in [-0.2, -0.15) is 0 Å². The van der Waals surface area contributed by atoms with Gasteiger partial charge in [0, 0.05) is 5.56 Å². The van der Waals surface area contributed by atoms with Crippen LogP contribution in [0.5, 0.6) is 0 Å². The first-order valence-electron chi connectivity index (χ1n) is 4.44. The van der Waals surface area contributed by atoms with E-state index in [0.717, 1.165) is 0 Å². The molecule has 5 N–H and O–H groups in total. The summed E-state index contributed by atoms with van der Waals surface area (Å²) >= 11 is 0. The topological polar surface area (TPSA) is 104 Å². The van der Waals surface area contributed by atoms with Crippen LogP contribution in [0.2, 0.25) is 0 Å². The van der Waals surface area contributed by atoms with Gasteiger partial charge in [0.2, 0.25) is 0 Å². The van der Waals surface area contributed by atoms with Crippen molar-refractivity contribution in [1.82, 2.24) is 0 Å². The molecule has 15 heavy (non-hydrogen) atoms. The smallest absolute Gasteiger partial charge is 0.320 e. The molecular formula is C10H13NO4. The molecule has 82 valence electrons. The number of hydrogen-bond acceptors (Lipinski definition) is 4. The first kappa shape index (κ1) is 11.6. The summed E-state index contributed by atoms with van der Waals surface area (Å²) in [5.74, 6) is -1.08. The lowest BCUT2D eigenvalue weighted by atomic mass is 10.0. The summed E-state index contributed by atoms with van der Waals surface area (Å²) in [4.78, 5) is 10.5. The van der Waals surface area contributed by atoms with Crippen LogP contribution in [0.1, 0.15) is 17.4 Å². The van der Waals surface area contributed by atoms with E-state index >= 15 is 0 Å². The van der Waals surface area contributed by atoms with Crippen LogP contribution in [0.15, 0.2) is 24.3 Å². The van der Waals surface area contributed by atoms with E-state index in [9.17, 15) is 4.79 Å². The maximum absolute atomic E-state index is 10.5. The van der Waals surface area contributed by atoms with Gasteiger partial charge in [0.1, 0.15) is 6.04 Å². The average Bonchev–Trinajstić information content (AvgIpc) is 2.18. The van der Waals surface area contributed by atoms with Crippen molar-refractivity contribution in [2.75, 3.05) is 0 Å². The third kappa shape index (κ3) is 3.32. The third-order valence-electron chi connectivity index (χ3n) is 2.02. The Balaban J connectivity index is 2.78. The van der Waals surface area contributed by atoms with Gasteiger partial charge >= 0.3 is 5.97 Å². The molecule has 0 spiro atoms. The molecule has 5 heteroatoms. The zero-order chi connectivity index (χ0) is 11.4. The van der Waals surface area contributed by atoms with Crippen LogP contribution in [0, 0.1) is 0 Å². The van der Waals surface area contributed by atoms with E-state index < -0.39 is 18.3 Å². The van der Waals surface area contributed by atoms with Crippen LogP contribution in [0.4, 0.5) is 0 Å². The molecule has 1 aromatic carbocycles. The van der Waals surface area contributed by atoms with Crippen molar-refractivity contribution in [3.63, 3.8) is 0 Å². The number of rotatable bonds is 4. The zero-order valence-corrected chi connectivity index (χ0v) is 8.00. The van der Waals surface area contributed by atoms with Crippen LogP contribution in [0.3, 0.4) is 0 Å². The van der Waals surface area contributed by atoms with Gasteiger partial charge in [-0.05, 0) is 12.0 Å². The molecule has 1 atom stereocenters. The largest absolute Gasteiger partial charge is 0.480 e. The molecular weight excluding hydrogens is 198 g/mol. The first-order valence-corrected chi connectivity index (χ1v) is 4.44. The fourth-order valence-corrected chi connectivity index (χ4v) is 1.22. The Bertz CT molecular complexity index is 351. The SMILES string of the molecule is N[C@H](Cc1cccc(C(O)O)c1)C(=O)O. The Labute approximate surface area is 86.8 Å². The number of aliphatic hydroxyl groups is 2. The molecule has 0 saturated carbocycles. The highest BCUT2D eigenvalue weighted by molar-refractivity contribution is 5.73. The number of hydrogen-bond donors (Lipinski definition) is 4. The minimum atomic E-state index is -1.55. The van der Waals surface area contributed by atoms with Gasteiger partial charge < -0.3 is 21.1 Å². The monoisotopic (exact) mass is 211 g/mol. The first-order chi connectivity index (χ1) is 7.00. The van der Waals surface area contributed by atoms with Crippen molar-refractivity contribution in [1.29, 1.82) is 0 Å². The van der Waals surface area contributed by atoms with Crippen LogP contribution in [-0.4, -0.2) is 27.3 Å². The predicted molar refractivity (Wildman–Crippen MR) is 52.9 cm³/mol. The fraction of sp³-hybridized carbons (Fsp3) is 0.300. The van der Waals surface area contributed by atoms with Crippen molar-refractivity contribution in [3.8, 4) is 0 Å². The number of benzene rings is 1. The highest BCUT2D eigenvalue weighted by atomic mass is 16.5. The second kappa shape index (κ2) is 4.88. The predicted octanol–water partition coefficient (Wildman–Crippen LogP) is -0.376. The molecule has 0 saturated heterocycles. The molecule has 0 bridgehead atoms. The molecule has 1 aromatic rings. The number of nitrogens with two attached hydrogens (primary N) is 1. The minimum Gasteiger partial charge on any atom is -0.480 e. The molecule has 5 nitrogen and oxygen atoms in total. The summed E-state index contributed by atoms with van der Waals surface area (Å²) in [7, 11) is 0. The molecule has 0 unspecified atom stereocenters. The zero-order valence-electron chi connectivity index (χ0n) is 8.00. The number of carboxylic acid groups (broad SMARTS) is 1. The van der Waals surface area contributed by atoms with E-state index in [-0.39, 0.29) is 6.42 Å². The Kier molecular flexibility index (Phi) is 3.79. The van der Waals surface area contributed by atoms with Gasteiger partial charge in [0.15, 0.2) is 6.29 Å². The minimum absolute atomic E-state index is 0.163. The van der Waals surface area contributed by atoms with E-state index in [1.54, 1.807) is 18.2 Å². The number of aliphatic carboxylic acids is 1. The van der Waals surface area contributed by atoms with Gasteiger partial charge in [0.25, 0.3) is 0 Å². The number of aliphatic hydroxyl groups excluding tert-OH is 1. The highest BCUT2D eigenvalue weighted by Gasteiger charge is 2.12. The Hall–Kier alpha value is -1.43. The van der Waals surface area contributed by atoms with Crippen molar-refractivity contribution in [2.45, 2.75) is 18.8 Å². The molecule has 0 aliphatic carbocycles. The van der Waals surface area contributed by atoms with Gasteiger partial charge in [-0.1, -0.05) is 24.3 Å². The standard InChI is InChI=1S/C10H13NO4/c11-8(10(14)15)5-6-2-1-3-7(4-6)9(12)13/h1-4,8-9,12-13H,5,11H2,(H,14,15)/t8-/m1/s1. The van der Waals surface area contributed by atoms with E-state index in [0.29, 0.717) is 11.1 Å². The second-order valence-corrected chi connectivity index (χ2v) is 3.27. The Morgan fingerprint density at radius 2 is 2.07 bits per heavy atom. The van der Waals surface area contributed by atoms with Crippen LogP contribution >= 0.6 is 0 Å². The van der Waals surface area contributed by atoms with E-state index in [1.165, 1.54) is 6.07 Å². The molecule has 0 aromatic heterocycles. The molecule has 0 aliphatic rings. The van der Waals surface area contributed by atoms with Crippen molar-refractivity contribution in [3.05, 3.63) is 35.4 Å². The maximum Gasteiger partial charge on any atom is 0.320 e. The van der Waals surface area contributed by atoms with E-state index in [1.807, 2.05) is 0 Å². The number of carbonyl (C=O) groups is 1. The lowest BCUT2D eigenvalue weighted by molar-refractivity contribution is -0.138. The summed E-state index contributed by atoms with van der Waals surface area (Å²) < 4.78 is 0. The van der Waals surface area contributed by atoms with E-state index in [2.05, 4.69) is 0 Å². The summed E-state index contributed by atoms with van der Waals surface area (Å²) in [6.45, 7) is 0. The van der Waals surface area contributed by atoms with Crippen molar-refractivity contribution in [2.24, 2.45) is 5.73 Å². The normalized spacial score (nSPS) is 12.8. The van der Waals surface area contributed by atoms with Gasteiger partial charge in [0.05, 0.1) is 0 Å². The average molecular weight is 211 g/mol. The lowest BCUT2D eigenvalue weighted by Crippen LogP contribution is -2.32. The molecule has 0 aliphatic heterocycles. The molecule has 0 fully saturated rings. The molecule has 0 radical (unpaired) electrons. The molecule has 0 amide bonds. The number of carboxylic acids is 1. The summed E-state index contributed by atoms with van der Waals surface area (Å²) in [5, 5.41) is 26.4. The summed E-state index contributed by atoms with van der Waals surface area (Å²) in [6.07, 6.45) is -1.39. The van der Waals surface area contributed by atoms with Crippen molar-refractivity contribution >= 4 is 5.97 Å². The van der Waals surface area contributed by atoms with Crippen LogP contribution in [-0.2, 0) is 11.2 Å². The quantitative estimate of drug-likeness (QED) is 0.508. The Morgan fingerprint density at radius 1 is 1.40 bits per heavy atom. The van der Waals surface area contributed by atoms with E-state index in [4.69, 9.17) is 21.1 Å². The van der Waals surface area contributed by atoms with Gasteiger partial charge in [-0.3, -0.25) is 4.79 Å². The van der Waals surface area contributed by atoms with Gasteiger partial charge in [-0.25, -0.2) is 0 Å². The summed E-state index contributed by atoms with van der Waals surface area (Å²) in [5.41, 5.74) is 6.34. The third-order valence-corrected chi connectivity index (χ3v) is 2.02. The van der Waals surface area contributed by atoms with Gasteiger partial charge in [-0.15, -0.1) is 0 Å². The maximum atomic E-state index is 10.5. The Morgan fingerprint density at radius 3 is 2.60 bits per heavy atom. The molecule has 1 rings (SSSR count). The van der Waals surface area contributed by atoms with Crippen LogP contribution in [0.25, 0.3) is 0 Å². The highest BCUT2D eigenvalue weighted by Crippen LogP contribution is 2.12. The second-order valence-electron chi connectivity index (χ2n) is 3.27.